The molecule has 4 heteroatoms. The summed E-state index contributed by atoms with van der Waals surface area (Å²) in [5.74, 6) is 0.354. The molecule has 16 heavy (non-hydrogen) atoms. The molecule has 0 spiro atoms. The molecule has 1 aromatic carbocycles. The first-order valence-corrected chi connectivity index (χ1v) is 4.86. The van der Waals surface area contributed by atoms with Crippen molar-refractivity contribution in [3.8, 4) is 5.75 Å². The van der Waals surface area contributed by atoms with Crippen molar-refractivity contribution in [3.05, 3.63) is 53.9 Å². The van der Waals surface area contributed by atoms with Gasteiger partial charge in [0.1, 0.15) is 5.75 Å². The van der Waals surface area contributed by atoms with E-state index in [1.165, 1.54) is 6.08 Å². The molecule has 1 aliphatic rings. The van der Waals surface area contributed by atoms with Gasteiger partial charge in [-0.05, 0) is 24.3 Å². The highest BCUT2D eigenvalue weighted by molar-refractivity contribution is 5.87. The summed E-state index contributed by atoms with van der Waals surface area (Å²) in [6.07, 6.45) is 3.15. The molecule has 1 heterocycles. The van der Waals surface area contributed by atoms with E-state index in [1.54, 1.807) is 6.08 Å². The number of benzene rings is 1. The summed E-state index contributed by atoms with van der Waals surface area (Å²) < 4.78 is 5.50. The molecule has 0 atom stereocenters. The molecule has 0 radical (unpaired) electrons. The molecule has 82 valence electrons. The highest BCUT2D eigenvalue weighted by atomic mass is 16.5. The highest BCUT2D eigenvalue weighted by Crippen LogP contribution is 2.13. The number of hydrogen-bond acceptors (Lipinski definition) is 3. The second-order valence-corrected chi connectivity index (χ2v) is 3.30. The molecule has 0 saturated heterocycles. The van der Waals surface area contributed by atoms with Crippen molar-refractivity contribution in [1.29, 1.82) is 0 Å². The van der Waals surface area contributed by atoms with Gasteiger partial charge in [0.2, 0.25) is 0 Å². The largest absolute Gasteiger partial charge is 0.478 e. The van der Waals surface area contributed by atoms with Crippen LogP contribution in [0.2, 0.25) is 0 Å². The smallest absolute Gasteiger partial charge is 0.333 e. The van der Waals surface area contributed by atoms with E-state index in [1.807, 2.05) is 30.3 Å². The van der Waals surface area contributed by atoms with Crippen LogP contribution in [0, 0.1) is 0 Å². The van der Waals surface area contributed by atoms with Gasteiger partial charge in [-0.25, -0.2) is 4.79 Å². The van der Waals surface area contributed by atoms with E-state index in [2.05, 4.69) is 5.32 Å². The maximum absolute atomic E-state index is 10.6. The Labute approximate surface area is 92.9 Å². The van der Waals surface area contributed by atoms with Crippen LogP contribution in [0.5, 0.6) is 5.75 Å². The number of nitrogens with one attached hydrogen (secondary N) is 1. The lowest BCUT2D eigenvalue weighted by atomic mass is 10.2. The van der Waals surface area contributed by atoms with Gasteiger partial charge >= 0.3 is 5.97 Å². The molecular formula is C12H11NO3. The van der Waals surface area contributed by atoms with Crippen molar-refractivity contribution in [2.45, 2.75) is 0 Å². The van der Waals surface area contributed by atoms with Gasteiger partial charge in [0.25, 0.3) is 0 Å². The minimum absolute atomic E-state index is 0.272. The van der Waals surface area contributed by atoms with Gasteiger partial charge in [-0.15, -0.1) is 0 Å². The Bertz CT molecular complexity index is 449. The average Bonchev–Trinajstić information content (AvgIpc) is 2.31. The number of hydrogen-bond donors (Lipinski definition) is 2. The molecule has 0 fully saturated rings. The minimum Gasteiger partial charge on any atom is -0.478 e. The predicted octanol–water partition coefficient (Wildman–Crippen LogP) is 1.52. The van der Waals surface area contributed by atoms with Crippen molar-refractivity contribution in [3.63, 3.8) is 0 Å². The zero-order valence-electron chi connectivity index (χ0n) is 8.51. The van der Waals surface area contributed by atoms with Crippen molar-refractivity contribution in [2.75, 3.05) is 6.54 Å². The Morgan fingerprint density at radius 1 is 1.25 bits per heavy atom. The third-order valence-electron chi connectivity index (χ3n) is 2.13. The van der Waals surface area contributed by atoms with Gasteiger partial charge in [-0.3, -0.25) is 0 Å². The molecule has 1 aromatic rings. The van der Waals surface area contributed by atoms with Crippen LogP contribution in [-0.4, -0.2) is 17.6 Å². The van der Waals surface area contributed by atoms with Gasteiger partial charge in [-0.1, -0.05) is 18.2 Å². The van der Waals surface area contributed by atoms with E-state index >= 15 is 0 Å². The standard InChI is InChI=1S/C12H11NO3/c14-12(15)9-6-7-11(13-8-9)16-10-4-2-1-3-5-10/h1-7,13H,8H2,(H,14,15). The lowest BCUT2D eigenvalue weighted by Gasteiger charge is -2.15. The molecule has 0 amide bonds. The van der Waals surface area contributed by atoms with Crippen LogP contribution in [0.25, 0.3) is 0 Å². The fourth-order valence-electron chi connectivity index (χ4n) is 1.31. The van der Waals surface area contributed by atoms with E-state index in [9.17, 15) is 4.79 Å². The zero-order valence-corrected chi connectivity index (χ0v) is 8.51. The average molecular weight is 217 g/mol. The Kier molecular flexibility index (Phi) is 2.91. The number of para-hydroxylation sites is 1. The van der Waals surface area contributed by atoms with Crippen molar-refractivity contribution in [2.24, 2.45) is 0 Å². The molecule has 2 N–H and O–H groups in total. The fraction of sp³-hybridized carbons (Fsp3) is 0.0833. The number of aliphatic carboxylic acids is 1. The third-order valence-corrected chi connectivity index (χ3v) is 2.13. The topological polar surface area (TPSA) is 58.6 Å². The quantitative estimate of drug-likeness (QED) is 0.806. The second-order valence-electron chi connectivity index (χ2n) is 3.30. The van der Waals surface area contributed by atoms with Gasteiger partial charge in [0, 0.05) is 0 Å². The van der Waals surface area contributed by atoms with E-state index in [4.69, 9.17) is 9.84 Å². The maximum atomic E-state index is 10.6. The van der Waals surface area contributed by atoms with E-state index in [0.717, 1.165) is 0 Å². The van der Waals surface area contributed by atoms with Crippen LogP contribution in [0.3, 0.4) is 0 Å². The normalized spacial score (nSPS) is 14.5. The molecule has 4 nitrogen and oxygen atoms in total. The zero-order chi connectivity index (χ0) is 11.4. The van der Waals surface area contributed by atoms with Gasteiger partial charge in [0.05, 0.1) is 12.1 Å². The van der Waals surface area contributed by atoms with Gasteiger partial charge < -0.3 is 15.2 Å². The Balaban J connectivity index is 2.06. The predicted molar refractivity (Wildman–Crippen MR) is 58.9 cm³/mol. The number of allylic oxidation sites excluding steroid dienone is 2. The first-order chi connectivity index (χ1) is 7.75. The number of carboxylic acids is 1. The summed E-state index contributed by atoms with van der Waals surface area (Å²) in [5, 5.41) is 11.6. The van der Waals surface area contributed by atoms with E-state index in [0.29, 0.717) is 17.2 Å². The van der Waals surface area contributed by atoms with E-state index in [-0.39, 0.29) is 6.54 Å². The van der Waals surface area contributed by atoms with Crippen LogP contribution in [0.4, 0.5) is 0 Å². The van der Waals surface area contributed by atoms with E-state index < -0.39 is 5.97 Å². The Morgan fingerprint density at radius 3 is 2.56 bits per heavy atom. The van der Waals surface area contributed by atoms with Gasteiger partial charge in [0.15, 0.2) is 5.88 Å². The molecule has 0 bridgehead atoms. The molecule has 0 aliphatic carbocycles. The molecule has 0 aromatic heterocycles. The second kappa shape index (κ2) is 4.53. The first-order valence-electron chi connectivity index (χ1n) is 4.86. The monoisotopic (exact) mass is 217 g/mol. The maximum Gasteiger partial charge on any atom is 0.333 e. The van der Waals surface area contributed by atoms with Crippen LogP contribution in [0.15, 0.2) is 53.9 Å². The summed E-state index contributed by atoms with van der Waals surface area (Å²) >= 11 is 0. The SMILES string of the molecule is O=C(O)C1=CC=C(Oc2ccccc2)NC1. The molecule has 0 saturated carbocycles. The number of rotatable bonds is 3. The Morgan fingerprint density at radius 2 is 2.00 bits per heavy atom. The summed E-state index contributed by atoms with van der Waals surface area (Å²) in [6.45, 7) is 0.272. The molecular weight excluding hydrogens is 206 g/mol. The lowest BCUT2D eigenvalue weighted by Crippen LogP contribution is -2.26. The van der Waals surface area contributed by atoms with Crippen LogP contribution >= 0.6 is 0 Å². The molecule has 0 unspecified atom stereocenters. The lowest BCUT2D eigenvalue weighted by molar-refractivity contribution is -0.132. The molecule has 1 aliphatic heterocycles. The summed E-state index contributed by atoms with van der Waals surface area (Å²) in [5.41, 5.74) is 0.320. The highest BCUT2D eigenvalue weighted by Gasteiger charge is 2.11. The van der Waals surface area contributed by atoms with Crippen molar-refractivity contribution in [1.82, 2.24) is 5.32 Å². The summed E-state index contributed by atoms with van der Waals surface area (Å²) in [4.78, 5) is 10.6. The van der Waals surface area contributed by atoms with Crippen molar-refractivity contribution < 1.29 is 14.6 Å². The number of dihydropyridines is 1. The number of carboxylic acid groups (broad SMARTS) is 1. The van der Waals surface area contributed by atoms with Gasteiger partial charge in [-0.2, -0.15) is 0 Å². The Hall–Kier alpha value is -2.23. The number of carbonyl (C=O) groups is 1. The van der Waals surface area contributed by atoms with Crippen LogP contribution in [0.1, 0.15) is 0 Å². The fourth-order valence-corrected chi connectivity index (χ4v) is 1.31. The minimum atomic E-state index is -0.914. The first kappa shape index (κ1) is 10.3. The van der Waals surface area contributed by atoms with Crippen LogP contribution < -0.4 is 10.1 Å². The number of ether oxygens (including phenoxy) is 1. The van der Waals surface area contributed by atoms with Crippen molar-refractivity contribution >= 4 is 5.97 Å². The van der Waals surface area contributed by atoms with Crippen LogP contribution in [-0.2, 0) is 4.79 Å². The summed E-state index contributed by atoms with van der Waals surface area (Å²) in [6, 6.07) is 9.31. The third kappa shape index (κ3) is 2.42. The molecule has 2 rings (SSSR count). The summed E-state index contributed by atoms with van der Waals surface area (Å²) in [7, 11) is 0.